The number of hydrogen-bond acceptors (Lipinski definition) is 4. The molecule has 0 saturated carbocycles. The van der Waals surface area contributed by atoms with Crippen LogP contribution in [-0.2, 0) is 0 Å². The predicted molar refractivity (Wildman–Crippen MR) is 151 cm³/mol. The molecular formula is C28H16Cl4O4Si. The van der Waals surface area contributed by atoms with Crippen LogP contribution >= 0.6 is 46.4 Å². The van der Waals surface area contributed by atoms with E-state index in [1.54, 1.807) is 48.5 Å². The van der Waals surface area contributed by atoms with Crippen molar-refractivity contribution in [2.45, 2.75) is 0 Å². The van der Waals surface area contributed by atoms with Crippen LogP contribution < -0.4 is 20.7 Å². The van der Waals surface area contributed by atoms with Crippen molar-refractivity contribution in [2.75, 3.05) is 0 Å². The van der Waals surface area contributed by atoms with Crippen LogP contribution in [0.3, 0.4) is 0 Å². The first-order valence-corrected chi connectivity index (χ1v) is 14.4. The Kier molecular flexibility index (Phi) is 8.12. The Morgan fingerprint density at radius 1 is 0.351 bits per heavy atom. The van der Waals surface area contributed by atoms with E-state index in [9.17, 15) is 19.2 Å². The number of carbonyl (C=O) groups excluding carboxylic acids is 4. The number of rotatable bonds is 8. The molecular weight excluding hydrogens is 570 g/mol. The van der Waals surface area contributed by atoms with Gasteiger partial charge < -0.3 is 0 Å². The highest BCUT2D eigenvalue weighted by molar-refractivity contribution is 7.19. The minimum atomic E-state index is -3.15. The first-order valence-electron chi connectivity index (χ1n) is 10.9. The van der Waals surface area contributed by atoms with E-state index in [4.69, 9.17) is 46.4 Å². The summed E-state index contributed by atoms with van der Waals surface area (Å²) in [5, 5.41) is 1.20. The smallest absolute Gasteiger partial charge is 0.252 e. The molecule has 0 bridgehead atoms. The third-order valence-electron chi connectivity index (χ3n) is 6.18. The van der Waals surface area contributed by atoms with E-state index in [1.165, 1.54) is 0 Å². The van der Waals surface area contributed by atoms with Crippen LogP contribution in [0, 0.1) is 0 Å². The molecule has 0 saturated heterocycles. The molecule has 0 fully saturated rings. The highest BCUT2D eigenvalue weighted by Gasteiger charge is 2.41. The molecule has 0 unspecified atom stereocenters. The minimum Gasteiger partial charge on any atom is -0.276 e. The molecule has 9 heteroatoms. The lowest BCUT2D eigenvalue weighted by atomic mass is 10.2. The lowest BCUT2D eigenvalue weighted by Gasteiger charge is -2.34. The molecule has 184 valence electrons. The predicted octanol–water partition coefficient (Wildman–Crippen LogP) is 4.58. The van der Waals surface area contributed by atoms with E-state index in [0.717, 1.165) is 20.7 Å². The fourth-order valence-electron chi connectivity index (χ4n) is 4.41. The maximum atomic E-state index is 11.8. The number of carbonyl (C=O) groups is 4. The van der Waals surface area contributed by atoms with Gasteiger partial charge in [0.2, 0.25) is 0 Å². The van der Waals surface area contributed by atoms with Gasteiger partial charge in [-0.05, 0) is 67.2 Å². The quantitative estimate of drug-likeness (QED) is 0.172. The molecule has 4 aromatic rings. The second-order valence-corrected chi connectivity index (χ2v) is 13.3. The van der Waals surface area contributed by atoms with Crippen LogP contribution in [0.15, 0.2) is 97.1 Å². The van der Waals surface area contributed by atoms with E-state index in [-0.39, 0.29) is 0 Å². The molecule has 0 N–H and O–H groups in total. The average molecular weight is 586 g/mol. The summed E-state index contributed by atoms with van der Waals surface area (Å²) in [7, 11) is -3.15. The van der Waals surface area contributed by atoms with E-state index >= 15 is 0 Å². The maximum absolute atomic E-state index is 11.8. The number of hydrogen-bond donors (Lipinski definition) is 0. The van der Waals surface area contributed by atoms with E-state index in [1.807, 2.05) is 48.5 Å². The van der Waals surface area contributed by atoms with Crippen LogP contribution in [0.1, 0.15) is 41.4 Å². The van der Waals surface area contributed by atoms with Crippen molar-refractivity contribution in [3.05, 3.63) is 119 Å². The zero-order valence-electron chi connectivity index (χ0n) is 18.9. The fraction of sp³-hybridized carbons (Fsp3) is 0. The van der Waals surface area contributed by atoms with Crippen molar-refractivity contribution < 1.29 is 19.2 Å². The molecule has 0 amide bonds. The largest absolute Gasteiger partial charge is 0.276 e. The Bertz CT molecular complexity index is 1260. The summed E-state index contributed by atoms with van der Waals surface area (Å²) in [6.07, 6.45) is 0. The standard InChI is InChI=1S/C28H16Cl4O4Si/c29-25(33)17-1-9-21(10-2-17)37(22-11-3-18(4-12-22)26(30)34,23-13-5-19(6-14-23)27(31)35)24-15-7-20(8-16-24)28(32)36/h1-16H. The van der Waals surface area contributed by atoms with Gasteiger partial charge in [-0.1, -0.05) is 97.1 Å². The summed E-state index contributed by atoms with van der Waals surface area (Å²) >= 11 is 22.8. The molecule has 0 atom stereocenters. The molecule has 4 aromatic carbocycles. The van der Waals surface area contributed by atoms with Gasteiger partial charge in [0.25, 0.3) is 21.0 Å². The highest BCUT2D eigenvalue weighted by atomic mass is 35.5. The normalized spacial score (nSPS) is 11.1. The fourth-order valence-corrected chi connectivity index (χ4v) is 9.58. The van der Waals surface area contributed by atoms with Crippen LogP contribution in [0.4, 0.5) is 0 Å². The third-order valence-corrected chi connectivity index (χ3v) is 11.8. The van der Waals surface area contributed by atoms with Crippen molar-refractivity contribution in [3.8, 4) is 0 Å². The maximum Gasteiger partial charge on any atom is 0.252 e. The summed E-state index contributed by atoms with van der Waals surface area (Å²) in [5.41, 5.74) is 1.34. The highest BCUT2D eigenvalue weighted by Crippen LogP contribution is 2.15. The van der Waals surface area contributed by atoms with Gasteiger partial charge in [0.05, 0.1) is 0 Å². The van der Waals surface area contributed by atoms with Gasteiger partial charge >= 0.3 is 0 Å². The van der Waals surface area contributed by atoms with Gasteiger partial charge in [-0.2, -0.15) is 0 Å². The SMILES string of the molecule is O=C(Cl)c1ccc([Si](c2ccc(C(=O)Cl)cc2)(c2ccc(C(=O)Cl)cc2)c2ccc(C(=O)Cl)cc2)cc1. The Balaban J connectivity index is 2.09. The lowest BCUT2D eigenvalue weighted by molar-refractivity contribution is 0.107. The molecule has 0 aliphatic rings. The number of benzene rings is 4. The second-order valence-electron chi connectivity index (χ2n) is 8.15. The summed E-state index contributed by atoms with van der Waals surface area (Å²) in [5.74, 6) is 0. The average Bonchev–Trinajstić information content (AvgIpc) is 2.90. The molecule has 4 nitrogen and oxygen atoms in total. The van der Waals surface area contributed by atoms with Crippen molar-refractivity contribution in [1.82, 2.24) is 0 Å². The zero-order chi connectivity index (χ0) is 26.7. The van der Waals surface area contributed by atoms with Crippen LogP contribution in [0.5, 0.6) is 0 Å². The first kappa shape index (κ1) is 27.0. The van der Waals surface area contributed by atoms with Gasteiger partial charge in [-0.3, -0.25) is 19.2 Å². The molecule has 0 heterocycles. The van der Waals surface area contributed by atoms with Crippen molar-refractivity contribution in [3.63, 3.8) is 0 Å². The molecule has 0 aromatic heterocycles. The molecule has 0 spiro atoms. The van der Waals surface area contributed by atoms with Gasteiger partial charge in [-0.15, -0.1) is 0 Å². The van der Waals surface area contributed by atoms with Crippen molar-refractivity contribution in [1.29, 1.82) is 0 Å². The summed E-state index contributed by atoms with van der Waals surface area (Å²) < 4.78 is 0. The topological polar surface area (TPSA) is 68.3 Å². The first-order chi connectivity index (χ1) is 17.6. The van der Waals surface area contributed by atoms with Crippen LogP contribution in [-0.4, -0.2) is 29.0 Å². The van der Waals surface area contributed by atoms with Crippen molar-refractivity contribution >= 4 is 96.2 Å². The monoisotopic (exact) mass is 584 g/mol. The van der Waals surface area contributed by atoms with Crippen LogP contribution in [0.25, 0.3) is 0 Å². The Morgan fingerprint density at radius 2 is 0.514 bits per heavy atom. The molecule has 4 rings (SSSR count). The Morgan fingerprint density at radius 3 is 0.649 bits per heavy atom. The number of halogens is 4. The Hall–Kier alpha value is -3.06. The van der Waals surface area contributed by atoms with E-state index < -0.39 is 29.0 Å². The van der Waals surface area contributed by atoms with Gasteiger partial charge in [0.15, 0.2) is 8.07 Å². The lowest BCUT2D eigenvalue weighted by Crippen LogP contribution is -2.74. The Labute approximate surface area is 233 Å². The summed E-state index contributed by atoms with van der Waals surface area (Å²) in [6, 6.07) is 27.9. The minimum absolute atomic E-state index is 0.336. The third kappa shape index (κ3) is 5.33. The van der Waals surface area contributed by atoms with E-state index in [0.29, 0.717) is 22.3 Å². The van der Waals surface area contributed by atoms with Crippen LogP contribution in [0.2, 0.25) is 0 Å². The van der Waals surface area contributed by atoms with E-state index in [2.05, 4.69) is 0 Å². The second kappa shape index (κ2) is 11.1. The molecule has 0 aliphatic heterocycles. The van der Waals surface area contributed by atoms with Gasteiger partial charge in [0.1, 0.15) is 0 Å². The molecule has 0 radical (unpaired) electrons. The molecule has 37 heavy (non-hydrogen) atoms. The molecule has 0 aliphatic carbocycles. The summed E-state index contributed by atoms with van der Waals surface area (Å²) in [6.45, 7) is 0. The van der Waals surface area contributed by atoms with Gasteiger partial charge in [0, 0.05) is 22.3 Å². The zero-order valence-corrected chi connectivity index (χ0v) is 22.9. The van der Waals surface area contributed by atoms with Gasteiger partial charge in [-0.25, -0.2) is 0 Å². The van der Waals surface area contributed by atoms with Crippen molar-refractivity contribution in [2.24, 2.45) is 0 Å². The summed E-state index contributed by atoms with van der Waals surface area (Å²) in [4.78, 5) is 47.1.